The van der Waals surface area contributed by atoms with E-state index in [0.717, 1.165) is 16.2 Å². The minimum absolute atomic E-state index is 0.120. The number of ether oxygens (including phenoxy) is 1. The van der Waals surface area contributed by atoms with Crippen molar-refractivity contribution >= 4 is 39.0 Å². The number of esters is 1. The average molecular weight is 402 g/mol. The molecule has 3 rings (SSSR count). The molecule has 136 valence electrons. The first kappa shape index (κ1) is 18.5. The van der Waals surface area contributed by atoms with Gasteiger partial charge in [0.05, 0.1) is 15.5 Å². The topological polar surface area (TPSA) is 48.3 Å². The van der Waals surface area contributed by atoms with Crippen LogP contribution in [0.15, 0.2) is 47.4 Å². The van der Waals surface area contributed by atoms with Crippen LogP contribution in [0.1, 0.15) is 10.4 Å². The van der Waals surface area contributed by atoms with Crippen molar-refractivity contribution in [3.05, 3.63) is 68.4 Å². The van der Waals surface area contributed by atoms with Crippen molar-refractivity contribution in [2.75, 3.05) is 0 Å². The molecule has 2 heterocycles. The van der Waals surface area contributed by atoms with Crippen LogP contribution in [0.3, 0.4) is 0 Å². The lowest BCUT2D eigenvalue weighted by molar-refractivity contribution is -0.146. The number of benzene rings is 1. The van der Waals surface area contributed by atoms with Crippen molar-refractivity contribution in [3.63, 3.8) is 0 Å². The molecule has 0 aliphatic heterocycles. The third-order valence-corrected chi connectivity index (χ3v) is 5.26. The van der Waals surface area contributed by atoms with E-state index in [0.29, 0.717) is 26.7 Å². The first-order valence-corrected chi connectivity index (χ1v) is 8.54. The van der Waals surface area contributed by atoms with Crippen LogP contribution < -0.4 is 5.56 Å². The number of hydrogen-bond acceptors (Lipinski definition) is 4. The summed E-state index contributed by atoms with van der Waals surface area (Å²) in [5, 5.41) is 1.30. The van der Waals surface area contributed by atoms with Crippen LogP contribution in [0.4, 0.5) is 13.2 Å². The predicted molar refractivity (Wildman–Crippen MR) is 92.3 cm³/mol. The summed E-state index contributed by atoms with van der Waals surface area (Å²) in [6.07, 6.45) is -4.01. The number of fused-ring (bicyclic) bond motifs is 1. The van der Waals surface area contributed by atoms with E-state index in [9.17, 15) is 22.8 Å². The van der Waals surface area contributed by atoms with Gasteiger partial charge in [0.1, 0.15) is 13.2 Å². The monoisotopic (exact) mass is 401 g/mol. The Labute approximate surface area is 154 Å². The van der Waals surface area contributed by atoms with Crippen LogP contribution in [0.5, 0.6) is 0 Å². The molecule has 0 bridgehead atoms. The zero-order valence-electron chi connectivity index (χ0n) is 13.0. The molecule has 0 atom stereocenters. The van der Waals surface area contributed by atoms with Gasteiger partial charge in [0.15, 0.2) is 0 Å². The molecular formula is C17H11ClF3NO3S. The highest BCUT2D eigenvalue weighted by atomic mass is 35.5. The van der Waals surface area contributed by atoms with Gasteiger partial charge in [0.25, 0.3) is 5.56 Å². The van der Waals surface area contributed by atoms with Gasteiger partial charge in [0, 0.05) is 22.3 Å². The standard InChI is InChI=1S/C17H11ClF3NO3S/c18-16-11-3-1-2-4-12(11)26-13(16)9-25-15(24)8-22-7-10(17(19,20)21)5-6-14(22)23/h1-7H,8-9H2. The summed E-state index contributed by atoms with van der Waals surface area (Å²) in [6, 6.07) is 8.82. The molecule has 3 aromatic rings. The summed E-state index contributed by atoms with van der Waals surface area (Å²) < 4.78 is 44.8. The number of alkyl halides is 3. The van der Waals surface area contributed by atoms with Crippen LogP contribution in [-0.2, 0) is 28.9 Å². The van der Waals surface area contributed by atoms with Crippen molar-refractivity contribution in [2.45, 2.75) is 19.3 Å². The second kappa shape index (κ2) is 7.13. The van der Waals surface area contributed by atoms with Crippen LogP contribution in [0.2, 0.25) is 5.02 Å². The van der Waals surface area contributed by atoms with E-state index in [2.05, 4.69) is 0 Å². The van der Waals surface area contributed by atoms with Gasteiger partial charge >= 0.3 is 12.1 Å². The summed E-state index contributed by atoms with van der Waals surface area (Å²) in [5.74, 6) is -0.833. The fourth-order valence-corrected chi connectivity index (χ4v) is 3.71. The summed E-state index contributed by atoms with van der Waals surface area (Å²) in [4.78, 5) is 24.2. The molecule has 0 saturated carbocycles. The summed E-state index contributed by atoms with van der Waals surface area (Å²) >= 11 is 7.59. The normalized spacial score (nSPS) is 11.7. The van der Waals surface area contributed by atoms with Crippen LogP contribution in [0.25, 0.3) is 10.1 Å². The molecule has 0 amide bonds. The Hall–Kier alpha value is -2.32. The molecule has 2 aromatic heterocycles. The van der Waals surface area contributed by atoms with E-state index in [4.69, 9.17) is 16.3 Å². The Morgan fingerprint density at radius 3 is 2.62 bits per heavy atom. The smallest absolute Gasteiger partial charge is 0.417 e. The van der Waals surface area contributed by atoms with Crippen molar-refractivity contribution in [3.8, 4) is 0 Å². The summed E-state index contributed by atoms with van der Waals surface area (Å²) in [7, 11) is 0. The minimum Gasteiger partial charge on any atom is -0.459 e. The van der Waals surface area contributed by atoms with E-state index in [1.165, 1.54) is 11.3 Å². The SMILES string of the molecule is O=C(Cn1cc(C(F)(F)F)ccc1=O)OCc1sc2ccccc2c1Cl. The molecule has 0 radical (unpaired) electrons. The van der Waals surface area contributed by atoms with Crippen molar-refractivity contribution in [2.24, 2.45) is 0 Å². The van der Waals surface area contributed by atoms with Crippen molar-refractivity contribution in [1.29, 1.82) is 0 Å². The van der Waals surface area contributed by atoms with E-state index in [1.807, 2.05) is 24.3 Å². The van der Waals surface area contributed by atoms with Gasteiger partial charge < -0.3 is 9.30 Å². The third-order valence-electron chi connectivity index (χ3n) is 3.58. The Balaban J connectivity index is 1.71. The van der Waals surface area contributed by atoms with Crippen LogP contribution in [0, 0.1) is 0 Å². The van der Waals surface area contributed by atoms with Gasteiger partial charge in [-0.2, -0.15) is 13.2 Å². The van der Waals surface area contributed by atoms with E-state index in [1.54, 1.807) is 0 Å². The zero-order chi connectivity index (χ0) is 18.9. The highest BCUT2D eigenvalue weighted by Crippen LogP contribution is 2.35. The maximum absolute atomic E-state index is 12.7. The highest BCUT2D eigenvalue weighted by molar-refractivity contribution is 7.19. The first-order chi connectivity index (χ1) is 12.3. The van der Waals surface area contributed by atoms with Crippen molar-refractivity contribution in [1.82, 2.24) is 4.57 Å². The summed E-state index contributed by atoms with van der Waals surface area (Å²) in [6.45, 7) is -0.740. The molecule has 0 unspecified atom stereocenters. The van der Waals surface area contributed by atoms with Gasteiger partial charge in [-0.3, -0.25) is 9.59 Å². The van der Waals surface area contributed by atoms with Crippen molar-refractivity contribution < 1.29 is 22.7 Å². The maximum atomic E-state index is 12.7. The van der Waals surface area contributed by atoms with Crippen LogP contribution in [-0.4, -0.2) is 10.5 Å². The quantitative estimate of drug-likeness (QED) is 0.606. The zero-order valence-corrected chi connectivity index (χ0v) is 14.6. The van der Waals surface area contributed by atoms with Crippen LogP contribution >= 0.6 is 22.9 Å². The van der Waals surface area contributed by atoms with E-state index in [-0.39, 0.29) is 6.61 Å². The molecular weight excluding hydrogens is 391 g/mol. The molecule has 0 saturated heterocycles. The first-order valence-electron chi connectivity index (χ1n) is 7.35. The Bertz CT molecular complexity index is 1030. The summed E-state index contributed by atoms with van der Waals surface area (Å²) in [5.41, 5.74) is -1.74. The minimum atomic E-state index is -4.61. The fraction of sp³-hybridized carbons (Fsp3) is 0.176. The lowest BCUT2D eigenvalue weighted by Gasteiger charge is -2.10. The van der Waals surface area contributed by atoms with Gasteiger partial charge in [-0.05, 0) is 12.1 Å². The Morgan fingerprint density at radius 1 is 1.19 bits per heavy atom. The lowest BCUT2D eigenvalue weighted by atomic mass is 10.2. The fourth-order valence-electron chi connectivity index (χ4n) is 2.31. The number of pyridine rings is 1. The molecule has 1 aromatic carbocycles. The average Bonchev–Trinajstić information content (AvgIpc) is 2.90. The molecule has 9 heteroatoms. The Kier molecular flexibility index (Phi) is 5.06. The third kappa shape index (κ3) is 3.91. The number of rotatable bonds is 4. The number of carbonyl (C=O) groups is 1. The lowest BCUT2D eigenvalue weighted by Crippen LogP contribution is -2.26. The molecule has 0 spiro atoms. The number of halogens is 4. The van der Waals surface area contributed by atoms with Gasteiger partial charge in [-0.1, -0.05) is 29.8 Å². The number of aromatic nitrogens is 1. The molecule has 0 aliphatic rings. The molecule has 0 N–H and O–H groups in total. The molecule has 0 fully saturated rings. The number of carbonyl (C=O) groups excluding carboxylic acids is 1. The second-order valence-electron chi connectivity index (χ2n) is 5.38. The molecule has 26 heavy (non-hydrogen) atoms. The highest BCUT2D eigenvalue weighted by Gasteiger charge is 2.31. The number of thiophene rings is 1. The van der Waals surface area contributed by atoms with Gasteiger partial charge in [-0.15, -0.1) is 11.3 Å². The van der Waals surface area contributed by atoms with Gasteiger partial charge in [-0.25, -0.2) is 0 Å². The number of hydrogen-bond donors (Lipinski definition) is 0. The largest absolute Gasteiger partial charge is 0.459 e. The van der Waals surface area contributed by atoms with E-state index >= 15 is 0 Å². The Morgan fingerprint density at radius 2 is 1.92 bits per heavy atom. The molecule has 0 aliphatic carbocycles. The van der Waals surface area contributed by atoms with Gasteiger partial charge in [0.2, 0.25) is 0 Å². The predicted octanol–water partition coefficient (Wildman–Crippen LogP) is 4.48. The maximum Gasteiger partial charge on any atom is 0.417 e. The number of nitrogens with zero attached hydrogens (tertiary/aromatic N) is 1. The van der Waals surface area contributed by atoms with E-state index < -0.39 is 29.8 Å². The molecule has 4 nitrogen and oxygen atoms in total. The second-order valence-corrected chi connectivity index (χ2v) is 6.89.